The number of amides is 2. The summed E-state index contributed by atoms with van der Waals surface area (Å²) in [5.41, 5.74) is 0. The van der Waals surface area contributed by atoms with E-state index >= 15 is 0 Å². The molecule has 1 N–H and O–H groups in total. The average molecular weight is 290 g/mol. The monoisotopic (exact) mass is 290 g/mol. The molecule has 0 aromatic carbocycles. The fourth-order valence-electron chi connectivity index (χ4n) is 3.59. The van der Waals surface area contributed by atoms with Crippen molar-refractivity contribution in [1.29, 1.82) is 0 Å². The van der Waals surface area contributed by atoms with Gasteiger partial charge in [-0.2, -0.15) is 0 Å². The molecular formula is C16H22N2O3. The third-order valence-corrected chi connectivity index (χ3v) is 4.79. The predicted octanol–water partition coefficient (Wildman–Crippen LogP) is 2.05. The molecule has 1 aromatic heterocycles. The van der Waals surface area contributed by atoms with Crippen LogP contribution in [0.4, 0.5) is 0 Å². The third kappa shape index (κ3) is 3.28. The Kier molecular flexibility index (Phi) is 4.27. The molecule has 1 saturated carbocycles. The van der Waals surface area contributed by atoms with Gasteiger partial charge in [-0.15, -0.1) is 0 Å². The highest BCUT2D eigenvalue weighted by atomic mass is 16.3. The normalized spacial score (nSPS) is 25.2. The maximum absolute atomic E-state index is 12.2. The molecule has 2 fully saturated rings. The fourth-order valence-corrected chi connectivity index (χ4v) is 3.59. The molecule has 0 radical (unpaired) electrons. The Morgan fingerprint density at radius 1 is 1.24 bits per heavy atom. The molecule has 2 heterocycles. The summed E-state index contributed by atoms with van der Waals surface area (Å²) in [6, 6.07) is 3.25. The van der Waals surface area contributed by atoms with Crippen LogP contribution in [0.15, 0.2) is 22.8 Å². The van der Waals surface area contributed by atoms with E-state index in [0.717, 1.165) is 25.4 Å². The summed E-state index contributed by atoms with van der Waals surface area (Å²) in [5.74, 6) is 1.39. The second-order valence-electron chi connectivity index (χ2n) is 6.09. The first-order valence-electron chi connectivity index (χ1n) is 7.83. The number of nitrogens with zero attached hydrogens (tertiary/aromatic N) is 1. The van der Waals surface area contributed by atoms with Gasteiger partial charge in [0.1, 0.15) is 0 Å². The Morgan fingerprint density at radius 3 is 2.81 bits per heavy atom. The Hall–Kier alpha value is -1.78. The van der Waals surface area contributed by atoms with Crippen molar-refractivity contribution in [2.75, 3.05) is 19.6 Å². The van der Waals surface area contributed by atoms with E-state index < -0.39 is 0 Å². The number of carbonyl (C=O) groups excluding carboxylic acids is 2. The third-order valence-electron chi connectivity index (χ3n) is 4.79. The van der Waals surface area contributed by atoms with Gasteiger partial charge in [0, 0.05) is 13.1 Å². The van der Waals surface area contributed by atoms with Crippen LogP contribution in [0.1, 0.15) is 42.7 Å². The van der Waals surface area contributed by atoms with Crippen LogP contribution in [0.3, 0.4) is 0 Å². The maximum Gasteiger partial charge on any atom is 0.287 e. The highest BCUT2D eigenvalue weighted by Gasteiger charge is 2.32. The SMILES string of the molecule is O=C(NCC(=O)N1CC[C@H]2CCCC[C@H]2C1)c1ccco1. The number of hydrogen-bond acceptors (Lipinski definition) is 3. The van der Waals surface area contributed by atoms with E-state index in [2.05, 4.69) is 5.32 Å². The van der Waals surface area contributed by atoms with Crippen molar-refractivity contribution < 1.29 is 14.0 Å². The average Bonchev–Trinajstić information content (AvgIpc) is 3.06. The van der Waals surface area contributed by atoms with Crippen LogP contribution in [-0.2, 0) is 4.79 Å². The zero-order valence-electron chi connectivity index (χ0n) is 12.2. The van der Waals surface area contributed by atoms with Crippen molar-refractivity contribution in [2.24, 2.45) is 11.8 Å². The van der Waals surface area contributed by atoms with Gasteiger partial charge in [-0.1, -0.05) is 19.3 Å². The van der Waals surface area contributed by atoms with Crippen LogP contribution < -0.4 is 5.32 Å². The van der Waals surface area contributed by atoms with Crippen molar-refractivity contribution >= 4 is 11.8 Å². The van der Waals surface area contributed by atoms with Gasteiger partial charge in [0.05, 0.1) is 12.8 Å². The largest absolute Gasteiger partial charge is 0.459 e. The molecule has 2 amide bonds. The van der Waals surface area contributed by atoms with E-state index in [-0.39, 0.29) is 24.1 Å². The van der Waals surface area contributed by atoms with E-state index in [1.807, 2.05) is 4.90 Å². The van der Waals surface area contributed by atoms with Gasteiger partial charge in [0.25, 0.3) is 5.91 Å². The number of nitrogens with one attached hydrogen (secondary N) is 1. The van der Waals surface area contributed by atoms with Crippen molar-refractivity contribution in [3.63, 3.8) is 0 Å². The maximum atomic E-state index is 12.2. The molecule has 0 spiro atoms. The van der Waals surface area contributed by atoms with Crippen molar-refractivity contribution in [2.45, 2.75) is 32.1 Å². The van der Waals surface area contributed by atoms with E-state index in [0.29, 0.717) is 5.92 Å². The number of fused-ring (bicyclic) bond motifs is 1. The Balaban J connectivity index is 1.48. The van der Waals surface area contributed by atoms with Gasteiger partial charge in [-0.3, -0.25) is 9.59 Å². The minimum absolute atomic E-state index is 0.0129. The predicted molar refractivity (Wildman–Crippen MR) is 77.7 cm³/mol. The lowest BCUT2D eigenvalue weighted by atomic mass is 9.75. The quantitative estimate of drug-likeness (QED) is 0.926. The first-order chi connectivity index (χ1) is 10.2. The number of piperidine rings is 1. The molecule has 0 bridgehead atoms. The molecule has 2 aliphatic rings. The summed E-state index contributed by atoms with van der Waals surface area (Å²) in [6.07, 6.45) is 7.76. The molecule has 1 aromatic rings. The van der Waals surface area contributed by atoms with Gasteiger partial charge < -0.3 is 14.6 Å². The summed E-state index contributed by atoms with van der Waals surface area (Å²) in [5, 5.41) is 2.63. The zero-order chi connectivity index (χ0) is 14.7. The number of rotatable bonds is 3. The Labute approximate surface area is 124 Å². The molecular weight excluding hydrogens is 268 g/mol. The first-order valence-corrected chi connectivity index (χ1v) is 7.83. The van der Waals surface area contributed by atoms with E-state index in [9.17, 15) is 9.59 Å². The first kappa shape index (κ1) is 14.2. The molecule has 1 aliphatic heterocycles. The highest BCUT2D eigenvalue weighted by Crippen LogP contribution is 2.35. The number of hydrogen-bond donors (Lipinski definition) is 1. The smallest absolute Gasteiger partial charge is 0.287 e. The fraction of sp³-hybridized carbons (Fsp3) is 0.625. The van der Waals surface area contributed by atoms with Crippen LogP contribution >= 0.6 is 0 Å². The van der Waals surface area contributed by atoms with E-state index in [4.69, 9.17) is 4.42 Å². The summed E-state index contributed by atoms with van der Waals surface area (Å²) >= 11 is 0. The zero-order valence-corrected chi connectivity index (χ0v) is 12.2. The minimum atomic E-state index is -0.332. The number of furan rings is 1. The molecule has 114 valence electrons. The van der Waals surface area contributed by atoms with Crippen molar-refractivity contribution in [3.05, 3.63) is 24.2 Å². The lowest BCUT2D eigenvalue weighted by molar-refractivity contribution is -0.133. The topological polar surface area (TPSA) is 62.6 Å². The van der Waals surface area contributed by atoms with Crippen molar-refractivity contribution in [1.82, 2.24) is 10.2 Å². The lowest BCUT2D eigenvalue weighted by Crippen LogP contribution is -2.48. The second kappa shape index (κ2) is 6.33. The number of likely N-dealkylation sites (tertiary alicyclic amines) is 1. The summed E-state index contributed by atoms with van der Waals surface area (Å²) in [4.78, 5) is 25.9. The molecule has 5 nitrogen and oxygen atoms in total. The summed E-state index contributed by atoms with van der Waals surface area (Å²) < 4.78 is 5.01. The molecule has 5 heteroatoms. The van der Waals surface area contributed by atoms with E-state index in [1.54, 1.807) is 12.1 Å². The van der Waals surface area contributed by atoms with Crippen LogP contribution in [0.5, 0.6) is 0 Å². The van der Waals surface area contributed by atoms with Crippen LogP contribution in [0, 0.1) is 11.8 Å². The van der Waals surface area contributed by atoms with Gasteiger partial charge in [-0.05, 0) is 36.8 Å². The van der Waals surface area contributed by atoms with E-state index in [1.165, 1.54) is 31.9 Å². The van der Waals surface area contributed by atoms with Crippen LogP contribution in [0.25, 0.3) is 0 Å². The molecule has 0 unspecified atom stereocenters. The molecule has 1 aliphatic carbocycles. The van der Waals surface area contributed by atoms with Gasteiger partial charge >= 0.3 is 0 Å². The van der Waals surface area contributed by atoms with Crippen LogP contribution in [-0.4, -0.2) is 36.3 Å². The summed E-state index contributed by atoms with van der Waals surface area (Å²) in [7, 11) is 0. The summed E-state index contributed by atoms with van der Waals surface area (Å²) in [6.45, 7) is 1.74. The lowest BCUT2D eigenvalue weighted by Gasteiger charge is -2.41. The molecule has 3 rings (SSSR count). The standard InChI is InChI=1S/C16H22N2O3/c19-15(10-17-16(20)14-6-3-9-21-14)18-8-7-12-4-1-2-5-13(12)11-18/h3,6,9,12-13H,1-2,4-5,7-8,10-11H2,(H,17,20)/t12-,13+/m1/s1. The Morgan fingerprint density at radius 2 is 2.05 bits per heavy atom. The highest BCUT2D eigenvalue weighted by molar-refractivity contribution is 5.94. The number of carbonyl (C=O) groups is 2. The van der Waals surface area contributed by atoms with Gasteiger partial charge in [0.15, 0.2) is 5.76 Å². The molecule has 21 heavy (non-hydrogen) atoms. The van der Waals surface area contributed by atoms with Gasteiger partial charge in [0.2, 0.25) is 5.91 Å². The van der Waals surface area contributed by atoms with Gasteiger partial charge in [-0.25, -0.2) is 0 Å². The Bertz CT molecular complexity index is 498. The molecule has 2 atom stereocenters. The second-order valence-corrected chi connectivity index (χ2v) is 6.09. The minimum Gasteiger partial charge on any atom is -0.459 e. The van der Waals surface area contributed by atoms with Crippen molar-refractivity contribution in [3.8, 4) is 0 Å². The molecule has 1 saturated heterocycles. The van der Waals surface area contributed by atoms with Crippen LogP contribution in [0.2, 0.25) is 0 Å².